The standard InChI is InChI=1S/C12H15F3N2O2S.ClH/c13-12(14,15)9-3-1-5-11(7-9)20(18,19)17-10-4-2-6-16-8-10;/h1,3,5,7,10,16-17H,2,4,6,8H2;1H/t10-;/m0./s1. The Morgan fingerprint density at radius 1 is 1.29 bits per heavy atom. The van der Waals surface area contributed by atoms with Crippen LogP contribution >= 0.6 is 12.4 Å². The molecule has 2 rings (SSSR count). The molecule has 0 bridgehead atoms. The Morgan fingerprint density at radius 3 is 2.57 bits per heavy atom. The van der Waals surface area contributed by atoms with Crippen molar-refractivity contribution in [2.45, 2.75) is 30.0 Å². The fourth-order valence-corrected chi connectivity index (χ4v) is 3.40. The molecule has 0 radical (unpaired) electrons. The van der Waals surface area contributed by atoms with Gasteiger partial charge in [-0.1, -0.05) is 6.07 Å². The molecule has 0 spiro atoms. The van der Waals surface area contributed by atoms with Gasteiger partial charge >= 0.3 is 6.18 Å². The first-order valence-electron chi connectivity index (χ1n) is 6.19. The summed E-state index contributed by atoms with van der Waals surface area (Å²) in [6.07, 6.45) is -3.06. The maximum atomic E-state index is 12.6. The van der Waals surface area contributed by atoms with Crippen LogP contribution in [0.15, 0.2) is 29.2 Å². The fourth-order valence-electron chi connectivity index (χ4n) is 2.08. The molecule has 1 aliphatic heterocycles. The molecule has 9 heteroatoms. The van der Waals surface area contributed by atoms with E-state index in [1.165, 1.54) is 0 Å². The van der Waals surface area contributed by atoms with Crippen LogP contribution in [0.1, 0.15) is 18.4 Å². The Bertz CT molecular complexity index is 572. The summed E-state index contributed by atoms with van der Waals surface area (Å²) < 4.78 is 64.3. The summed E-state index contributed by atoms with van der Waals surface area (Å²) >= 11 is 0. The number of benzene rings is 1. The van der Waals surface area contributed by atoms with Gasteiger partial charge in [0.15, 0.2) is 0 Å². The van der Waals surface area contributed by atoms with Crippen LogP contribution in [0.3, 0.4) is 0 Å². The molecule has 1 fully saturated rings. The molecule has 1 saturated heterocycles. The van der Waals surface area contributed by atoms with Crippen molar-refractivity contribution < 1.29 is 21.6 Å². The molecule has 1 aromatic rings. The van der Waals surface area contributed by atoms with E-state index in [1.807, 2.05) is 0 Å². The van der Waals surface area contributed by atoms with Gasteiger partial charge in [0.1, 0.15) is 0 Å². The molecule has 0 aliphatic carbocycles. The number of sulfonamides is 1. The van der Waals surface area contributed by atoms with Crippen molar-refractivity contribution in [3.8, 4) is 0 Å². The van der Waals surface area contributed by atoms with Gasteiger partial charge in [0.25, 0.3) is 0 Å². The highest BCUT2D eigenvalue weighted by atomic mass is 35.5. The molecule has 1 atom stereocenters. The molecule has 0 aromatic heterocycles. The van der Waals surface area contributed by atoms with Crippen LogP contribution in [-0.4, -0.2) is 27.5 Å². The van der Waals surface area contributed by atoms with E-state index in [9.17, 15) is 21.6 Å². The SMILES string of the molecule is Cl.O=S(=O)(N[C@H]1CCCNC1)c1cccc(C(F)(F)F)c1. The lowest BCUT2D eigenvalue weighted by Crippen LogP contribution is -2.45. The third-order valence-electron chi connectivity index (χ3n) is 3.09. The number of nitrogens with one attached hydrogen (secondary N) is 2. The first-order chi connectivity index (χ1) is 9.29. The highest BCUT2D eigenvalue weighted by Crippen LogP contribution is 2.30. The highest BCUT2D eigenvalue weighted by molar-refractivity contribution is 7.89. The van der Waals surface area contributed by atoms with E-state index < -0.39 is 21.8 Å². The predicted octanol–water partition coefficient (Wildman–Crippen LogP) is 2.16. The number of hydrogen-bond acceptors (Lipinski definition) is 3. The Balaban J connectivity index is 0.00000220. The average Bonchev–Trinajstić information content (AvgIpc) is 2.38. The fraction of sp³-hybridized carbons (Fsp3) is 0.500. The van der Waals surface area contributed by atoms with Crippen LogP contribution in [0.4, 0.5) is 13.2 Å². The second kappa shape index (κ2) is 6.95. The van der Waals surface area contributed by atoms with Crippen LogP contribution in [-0.2, 0) is 16.2 Å². The first-order valence-corrected chi connectivity index (χ1v) is 7.68. The number of halogens is 4. The number of piperidine rings is 1. The molecule has 1 aliphatic rings. The van der Waals surface area contributed by atoms with Gasteiger partial charge < -0.3 is 5.32 Å². The molecule has 21 heavy (non-hydrogen) atoms. The Morgan fingerprint density at radius 2 is 2.00 bits per heavy atom. The number of alkyl halides is 3. The van der Waals surface area contributed by atoms with Gasteiger partial charge in [-0.05, 0) is 37.6 Å². The minimum absolute atomic E-state index is 0. The van der Waals surface area contributed by atoms with Gasteiger partial charge in [0.05, 0.1) is 10.5 Å². The minimum Gasteiger partial charge on any atom is -0.315 e. The van der Waals surface area contributed by atoms with Gasteiger partial charge in [-0.2, -0.15) is 13.2 Å². The van der Waals surface area contributed by atoms with Gasteiger partial charge in [0.2, 0.25) is 10.0 Å². The summed E-state index contributed by atoms with van der Waals surface area (Å²) in [5.41, 5.74) is -0.970. The lowest BCUT2D eigenvalue weighted by Gasteiger charge is -2.23. The average molecular weight is 345 g/mol. The van der Waals surface area contributed by atoms with Gasteiger partial charge in [0, 0.05) is 12.6 Å². The van der Waals surface area contributed by atoms with Gasteiger partial charge in [-0.3, -0.25) is 0 Å². The summed E-state index contributed by atoms with van der Waals surface area (Å²) in [4.78, 5) is -0.363. The molecule has 2 N–H and O–H groups in total. The van der Waals surface area contributed by atoms with Crippen molar-refractivity contribution in [2.24, 2.45) is 0 Å². The molecular formula is C12H16ClF3N2O2S. The lowest BCUT2D eigenvalue weighted by molar-refractivity contribution is -0.137. The first kappa shape index (κ1) is 18.2. The number of rotatable bonds is 3. The van der Waals surface area contributed by atoms with Crippen LogP contribution < -0.4 is 10.0 Å². The minimum atomic E-state index is -4.56. The molecule has 0 unspecified atom stereocenters. The summed E-state index contributed by atoms with van der Waals surface area (Å²) in [7, 11) is -3.93. The van der Waals surface area contributed by atoms with Crippen LogP contribution in [0.25, 0.3) is 0 Å². The monoisotopic (exact) mass is 344 g/mol. The van der Waals surface area contributed by atoms with Crippen molar-refractivity contribution in [2.75, 3.05) is 13.1 Å². The summed E-state index contributed by atoms with van der Waals surface area (Å²) in [6, 6.07) is 3.47. The van der Waals surface area contributed by atoms with E-state index in [0.29, 0.717) is 19.0 Å². The Labute approximate surface area is 127 Å². The molecule has 1 heterocycles. The van der Waals surface area contributed by atoms with E-state index >= 15 is 0 Å². The van der Waals surface area contributed by atoms with E-state index in [-0.39, 0.29) is 23.3 Å². The van der Waals surface area contributed by atoms with Gasteiger partial charge in [-0.15, -0.1) is 12.4 Å². The highest BCUT2D eigenvalue weighted by Gasteiger charge is 2.32. The van der Waals surface area contributed by atoms with Crippen molar-refractivity contribution in [3.05, 3.63) is 29.8 Å². The maximum Gasteiger partial charge on any atom is 0.416 e. The Kier molecular flexibility index (Phi) is 6.03. The molecule has 4 nitrogen and oxygen atoms in total. The normalized spacial score (nSPS) is 19.9. The van der Waals surface area contributed by atoms with E-state index in [0.717, 1.165) is 31.2 Å². The van der Waals surface area contributed by atoms with Crippen LogP contribution in [0.2, 0.25) is 0 Å². The largest absolute Gasteiger partial charge is 0.416 e. The smallest absolute Gasteiger partial charge is 0.315 e. The summed E-state index contributed by atoms with van der Waals surface area (Å²) in [6.45, 7) is 1.31. The quantitative estimate of drug-likeness (QED) is 0.883. The maximum absolute atomic E-state index is 12.6. The van der Waals surface area contributed by atoms with Crippen molar-refractivity contribution >= 4 is 22.4 Å². The molecule has 0 amide bonds. The van der Waals surface area contributed by atoms with Crippen molar-refractivity contribution in [1.29, 1.82) is 0 Å². The molecule has 0 saturated carbocycles. The number of hydrogen-bond donors (Lipinski definition) is 2. The predicted molar refractivity (Wildman–Crippen MR) is 74.9 cm³/mol. The Hall–Kier alpha value is -0.830. The van der Waals surface area contributed by atoms with E-state index in [1.54, 1.807) is 0 Å². The molecule has 120 valence electrons. The topological polar surface area (TPSA) is 58.2 Å². The van der Waals surface area contributed by atoms with E-state index in [4.69, 9.17) is 0 Å². The lowest BCUT2D eigenvalue weighted by atomic mass is 10.1. The van der Waals surface area contributed by atoms with Gasteiger partial charge in [-0.25, -0.2) is 13.1 Å². The van der Waals surface area contributed by atoms with Crippen LogP contribution in [0, 0.1) is 0 Å². The second-order valence-electron chi connectivity index (χ2n) is 4.69. The molecule has 1 aromatic carbocycles. The summed E-state index contributed by atoms with van der Waals surface area (Å²) in [5, 5.41) is 3.04. The zero-order valence-electron chi connectivity index (χ0n) is 11.0. The summed E-state index contributed by atoms with van der Waals surface area (Å²) in [5.74, 6) is 0. The molecular weight excluding hydrogens is 329 g/mol. The van der Waals surface area contributed by atoms with E-state index in [2.05, 4.69) is 10.0 Å². The zero-order chi connectivity index (χ0) is 14.8. The van der Waals surface area contributed by atoms with Crippen molar-refractivity contribution in [1.82, 2.24) is 10.0 Å². The second-order valence-corrected chi connectivity index (χ2v) is 6.40. The third kappa shape index (κ3) is 4.84. The van der Waals surface area contributed by atoms with Crippen molar-refractivity contribution in [3.63, 3.8) is 0 Å². The van der Waals surface area contributed by atoms with Crippen LogP contribution in [0.5, 0.6) is 0 Å². The third-order valence-corrected chi connectivity index (χ3v) is 4.61. The zero-order valence-corrected chi connectivity index (χ0v) is 12.6.